The number of rotatable bonds is 11. The maximum atomic E-state index is 11.1. The van der Waals surface area contributed by atoms with Gasteiger partial charge in [0.25, 0.3) is 0 Å². The summed E-state index contributed by atoms with van der Waals surface area (Å²) in [4.78, 5) is 15.8. The van der Waals surface area contributed by atoms with Crippen LogP contribution in [0.15, 0.2) is 46.9 Å². The number of ether oxygens (including phenoxy) is 1. The molecule has 0 spiro atoms. The Morgan fingerprint density at radius 2 is 2.15 bits per heavy atom. The van der Waals surface area contributed by atoms with E-state index < -0.39 is 5.97 Å². The van der Waals surface area contributed by atoms with Crippen molar-refractivity contribution in [1.29, 1.82) is 0 Å². The van der Waals surface area contributed by atoms with Gasteiger partial charge in [-0.2, -0.15) is 0 Å². The summed E-state index contributed by atoms with van der Waals surface area (Å²) in [5.41, 5.74) is 5.28. The van der Waals surface area contributed by atoms with Gasteiger partial charge in [-0.15, -0.1) is 0 Å². The van der Waals surface area contributed by atoms with E-state index in [4.69, 9.17) is 19.2 Å². The molecule has 0 amide bonds. The van der Waals surface area contributed by atoms with Crippen molar-refractivity contribution in [3.63, 3.8) is 0 Å². The lowest BCUT2D eigenvalue weighted by Gasteiger charge is -2.10. The summed E-state index contributed by atoms with van der Waals surface area (Å²) in [6, 6.07) is 14.2. The molecule has 174 valence electrons. The van der Waals surface area contributed by atoms with E-state index in [1.165, 1.54) is 5.56 Å². The number of carbonyl (C=O) groups is 1. The second kappa shape index (κ2) is 10.6. The second-order valence-corrected chi connectivity index (χ2v) is 8.68. The molecule has 1 heterocycles. The van der Waals surface area contributed by atoms with E-state index in [1.54, 1.807) is 0 Å². The monoisotopic (exact) mass is 448 g/mol. The van der Waals surface area contributed by atoms with E-state index in [-0.39, 0.29) is 12.3 Å². The molecule has 0 fully saturated rings. The summed E-state index contributed by atoms with van der Waals surface area (Å²) >= 11 is 0. The minimum absolute atomic E-state index is 0.114. The van der Waals surface area contributed by atoms with Gasteiger partial charge in [-0.1, -0.05) is 25.5 Å². The number of carboxylic acid groups (broad SMARTS) is 1. The van der Waals surface area contributed by atoms with Gasteiger partial charge in [-0.05, 0) is 73.6 Å². The van der Waals surface area contributed by atoms with E-state index in [1.807, 2.05) is 31.2 Å². The lowest BCUT2D eigenvalue weighted by atomic mass is 9.98. The number of benzene rings is 2. The van der Waals surface area contributed by atoms with Gasteiger partial charge in [0.2, 0.25) is 5.89 Å². The first-order valence-electron chi connectivity index (χ1n) is 11.8. The number of aromatic nitrogens is 1. The third-order valence-electron chi connectivity index (χ3n) is 6.21. The fourth-order valence-electron chi connectivity index (χ4n) is 4.42. The van der Waals surface area contributed by atoms with Crippen LogP contribution < -0.4 is 10.1 Å². The Morgan fingerprint density at radius 3 is 2.97 bits per heavy atom. The zero-order valence-electron chi connectivity index (χ0n) is 19.4. The Labute approximate surface area is 195 Å². The van der Waals surface area contributed by atoms with Gasteiger partial charge in [0.05, 0.1) is 18.7 Å². The molecule has 1 aliphatic carbocycles. The van der Waals surface area contributed by atoms with Crippen LogP contribution in [0.5, 0.6) is 5.75 Å². The van der Waals surface area contributed by atoms with Crippen LogP contribution in [0, 0.1) is 6.92 Å². The summed E-state index contributed by atoms with van der Waals surface area (Å²) in [6.45, 7) is 5.58. The zero-order chi connectivity index (χ0) is 23.2. The molecule has 4 rings (SSSR count). The topological polar surface area (TPSA) is 84.6 Å². The molecule has 2 N–H and O–H groups in total. The van der Waals surface area contributed by atoms with Crippen LogP contribution in [0.3, 0.4) is 0 Å². The van der Waals surface area contributed by atoms with Crippen molar-refractivity contribution in [3.8, 4) is 17.2 Å². The number of aliphatic carboxylic acids is 1. The van der Waals surface area contributed by atoms with E-state index in [9.17, 15) is 4.79 Å². The summed E-state index contributed by atoms with van der Waals surface area (Å²) in [5, 5.41) is 12.5. The fraction of sp³-hybridized carbons (Fsp3) is 0.407. The highest BCUT2D eigenvalue weighted by molar-refractivity contribution is 5.68. The lowest BCUT2D eigenvalue weighted by molar-refractivity contribution is -0.137. The highest BCUT2D eigenvalue weighted by Gasteiger charge is 2.25. The van der Waals surface area contributed by atoms with Crippen molar-refractivity contribution in [2.45, 2.75) is 58.3 Å². The number of nitrogens with one attached hydrogen (secondary N) is 1. The molecule has 0 bridgehead atoms. The molecule has 6 heteroatoms. The SMILES string of the molecule is CCCCNc1cccc(-c2nc(CCOc3ccc4c(c3)CC[C@H]4CC(=O)O)c(C)o2)c1. The molecule has 0 unspecified atom stereocenters. The molecular formula is C27H32N2O4. The molecule has 1 aliphatic rings. The van der Waals surface area contributed by atoms with Crippen LogP contribution in [-0.2, 0) is 17.6 Å². The molecule has 0 saturated heterocycles. The standard InChI is InChI=1S/C27H32N2O4/c1-3-4-13-28-22-7-5-6-21(15-22)27-29-25(18(2)33-27)12-14-32-23-10-11-24-19(16-23)8-9-20(24)17-26(30)31/h5-7,10-11,15-16,20,28H,3-4,8-9,12-14,17H2,1-2H3,(H,30,31)/t20-/m0/s1. The third kappa shape index (κ3) is 5.75. The van der Waals surface area contributed by atoms with E-state index >= 15 is 0 Å². The molecule has 33 heavy (non-hydrogen) atoms. The first-order valence-corrected chi connectivity index (χ1v) is 11.8. The first-order chi connectivity index (χ1) is 16.0. The summed E-state index contributed by atoms with van der Waals surface area (Å²) in [7, 11) is 0. The van der Waals surface area contributed by atoms with Crippen molar-refractivity contribution in [2.75, 3.05) is 18.5 Å². The number of fused-ring (bicyclic) bond motifs is 1. The number of carboxylic acids is 1. The molecular weight excluding hydrogens is 416 g/mol. The Bertz CT molecular complexity index is 1110. The van der Waals surface area contributed by atoms with Crippen molar-refractivity contribution in [3.05, 3.63) is 65.0 Å². The highest BCUT2D eigenvalue weighted by Crippen LogP contribution is 2.37. The zero-order valence-corrected chi connectivity index (χ0v) is 19.4. The number of anilines is 1. The van der Waals surface area contributed by atoms with Crippen LogP contribution in [0.1, 0.15) is 61.1 Å². The number of hydrogen-bond acceptors (Lipinski definition) is 5. The highest BCUT2D eigenvalue weighted by atomic mass is 16.5. The maximum Gasteiger partial charge on any atom is 0.303 e. The average Bonchev–Trinajstić information content (AvgIpc) is 3.37. The van der Waals surface area contributed by atoms with E-state index in [2.05, 4.69) is 30.4 Å². The van der Waals surface area contributed by atoms with Gasteiger partial charge in [0, 0.05) is 24.2 Å². The molecule has 1 atom stereocenters. The van der Waals surface area contributed by atoms with Crippen LogP contribution in [0.25, 0.3) is 11.5 Å². The molecule has 6 nitrogen and oxygen atoms in total. The minimum Gasteiger partial charge on any atom is -0.493 e. The van der Waals surface area contributed by atoms with E-state index in [0.29, 0.717) is 18.9 Å². The molecule has 0 aliphatic heterocycles. The Hall–Kier alpha value is -3.28. The molecule has 2 aromatic carbocycles. The summed E-state index contributed by atoms with van der Waals surface area (Å²) < 4.78 is 11.9. The van der Waals surface area contributed by atoms with Crippen molar-refractivity contribution in [2.24, 2.45) is 0 Å². The summed E-state index contributed by atoms with van der Waals surface area (Å²) in [6.07, 6.45) is 4.94. The van der Waals surface area contributed by atoms with Crippen LogP contribution >= 0.6 is 0 Å². The quantitative estimate of drug-likeness (QED) is 0.351. The van der Waals surface area contributed by atoms with Gasteiger partial charge in [-0.25, -0.2) is 4.98 Å². The third-order valence-corrected chi connectivity index (χ3v) is 6.21. The Kier molecular flexibility index (Phi) is 7.33. The predicted octanol–water partition coefficient (Wildman–Crippen LogP) is 5.99. The van der Waals surface area contributed by atoms with Crippen molar-refractivity contribution >= 4 is 11.7 Å². The largest absolute Gasteiger partial charge is 0.493 e. The number of oxazole rings is 1. The number of hydrogen-bond donors (Lipinski definition) is 2. The molecule has 0 radical (unpaired) electrons. The predicted molar refractivity (Wildman–Crippen MR) is 129 cm³/mol. The Balaban J connectivity index is 1.35. The van der Waals surface area contributed by atoms with Crippen molar-refractivity contribution < 1.29 is 19.1 Å². The number of nitrogens with zero attached hydrogens (tertiary/aromatic N) is 1. The van der Waals surface area contributed by atoms with Crippen LogP contribution in [0.4, 0.5) is 5.69 Å². The number of unbranched alkanes of at least 4 members (excludes halogenated alkanes) is 1. The van der Waals surface area contributed by atoms with Gasteiger partial charge in [0.15, 0.2) is 0 Å². The smallest absolute Gasteiger partial charge is 0.303 e. The van der Waals surface area contributed by atoms with Gasteiger partial charge < -0.3 is 19.6 Å². The van der Waals surface area contributed by atoms with Gasteiger partial charge in [-0.3, -0.25) is 4.79 Å². The normalized spacial score (nSPS) is 14.8. The van der Waals surface area contributed by atoms with Crippen molar-refractivity contribution in [1.82, 2.24) is 4.98 Å². The fourth-order valence-corrected chi connectivity index (χ4v) is 4.42. The lowest BCUT2D eigenvalue weighted by Crippen LogP contribution is -2.04. The maximum absolute atomic E-state index is 11.1. The average molecular weight is 449 g/mol. The Morgan fingerprint density at radius 1 is 1.27 bits per heavy atom. The molecule has 1 aromatic heterocycles. The van der Waals surface area contributed by atoms with Crippen LogP contribution in [-0.4, -0.2) is 29.2 Å². The van der Waals surface area contributed by atoms with Gasteiger partial charge >= 0.3 is 5.97 Å². The van der Waals surface area contributed by atoms with E-state index in [0.717, 1.165) is 66.2 Å². The minimum atomic E-state index is -0.741. The van der Waals surface area contributed by atoms with Gasteiger partial charge in [0.1, 0.15) is 11.5 Å². The second-order valence-electron chi connectivity index (χ2n) is 8.68. The van der Waals surface area contributed by atoms with Crippen LogP contribution in [0.2, 0.25) is 0 Å². The molecule has 3 aromatic rings. The first kappa shape index (κ1) is 22.9. The molecule has 0 saturated carbocycles. The summed E-state index contributed by atoms with van der Waals surface area (Å²) in [5.74, 6) is 1.63. The number of aryl methyl sites for hydroxylation is 2.